The molecule has 0 spiro atoms. The molecule has 0 saturated heterocycles. The summed E-state index contributed by atoms with van der Waals surface area (Å²) in [6.45, 7) is 3.86. The summed E-state index contributed by atoms with van der Waals surface area (Å²) in [5.41, 5.74) is 0.495. The number of nitrogens with one attached hydrogen (secondary N) is 2. The summed E-state index contributed by atoms with van der Waals surface area (Å²) in [4.78, 5) is 44.5. The van der Waals surface area contributed by atoms with Gasteiger partial charge in [0.25, 0.3) is 11.6 Å². The molecule has 0 unspecified atom stereocenters. The van der Waals surface area contributed by atoms with E-state index in [1.807, 2.05) is 19.2 Å². The lowest BCUT2D eigenvalue weighted by atomic mass is 10.1. The fraction of sp³-hybridized carbons (Fsp3) is 0.353. The molecule has 0 bridgehead atoms. The van der Waals surface area contributed by atoms with E-state index in [4.69, 9.17) is 4.74 Å². The van der Waals surface area contributed by atoms with E-state index < -0.39 is 29.4 Å². The van der Waals surface area contributed by atoms with Crippen LogP contribution in [-0.4, -0.2) is 36.0 Å². The van der Waals surface area contributed by atoms with Crippen LogP contribution in [0.4, 0.5) is 10.5 Å². The Morgan fingerprint density at radius 2 is 1.88 bits per heavy atom. The second-order valence-electron chi connectivity index (χ2n) is 5.78. The molecule has 0 saturated carbocycles. The minimum Gasteiger partial charge on any atom is -0.452 e. The van der Waals surface area contributed by atoms with E-state index in [1.54, 1.807) is 0 Å². The number of ether oxygens (including phenoxy) is 1. The number of nitrogens with zero attached hydrogens (tertiary/aromatic N) is 1. The minimum absolute atomic E-state index is 0.0620. The van der Waals surface area contributed by atoms with Crippen molar-refractivity contribution >= 4 is 29.7 Å². The first kappa shape index (κ1) is 20.8. The highest BCUT2D eigenvalue weighted by Gasteiger charge is 2.09. The second-order valence-corrected chi connectivity index (χ2v) is 5.78. The number of non-ortho nitro benzene ring substituents is 1. The topological polar surface area (TPSA) is 128 Å². The van der Waals surface area contributed by atoms with E-state index in [0.29, 0.717) is 18.0 Å². The third-order valence-corrected chi connectivity index (χ3v) is 3.12. The Morgan fingerprint density at radius 3 is 2.46 bits per heavy atom. The molecule has 2 N–H and O–H groups in total. The Bertz CT molecular complexity index is 682. The Hall–Kier alpha value is -3.23. The van der Waals surface area contributed by atoms with Gasteiger partial charge in [-0.25, -0.2) is 9.59 Å². The number of imide groups is 1. The van der Waals surface area contributed by atoms with E-state index in [0.717, 1.165) is 12.5 Å². The fourth-order valence-electron chi connectivity index (χ4n) is 1.74. The monoisotopic (exact) mass is 363 g/mol. The predicted molar refractivity (Wildman–Crippen MR) is 94.1 cm³/mol. The maximum absolute atomic E-state index is 11.5. The number of urea groups is 1. The zero-order chi connectivity index (χ0) is 19.5. The van der Waals surface area contributed by atoms with E-state index >= 15 is 0 Å². The molecule has 3 amide bonds. The number of hydrogen-bond acceptors (Lipinski definition) is 6. The van der Waals surface area contributed by atoms with Gasteiger partial charge in [0, 0.05) is 24.8 Å². The molecule has 140 valence electrons. The average Bonchev–Trinajstić information content (AvgIpc) is 2.58. The molecular weight excluding hydrogens is 342 g/mol. The Balaban J connectivity index is 2.33. The summed E-state index contributed by atoms with van der Waals surface area (Å²) in [7, 11) is 0. The van der Waals surface area contributed by atoms with Gasteiger partial charge in [-0.15, -0.1) is 0 Å². The zero-order valence-corrected chi connectivity index (χ0v) is 14.6. The molecule has 0 aromatic heterocycles. The van der Waals surface area contributed by atoms with Crippen LogP contribution in [-0.2, 0) is 14.3 Å². The lowest BCUT2D eigenvalue weighted by Crippen LogP contribution is -2.41. The summed E-state index contributed by atoms with van der Waals surface area (Å²) >= 11 is 0. The number of benzene rings is 1. The number of carbonyl (C=O) groups excluding carboxylic acids is 3. The van der Waals surface area contributed by atoms with Crippen LogP contribution in [0.15, 0.2) is 30.3 Å². The van der Waals surface area contributed by atoms with Crippen LogP contribution in [0.5, 0.6) is 0 Å². The highest BCUT2D eigenvalue weighted by Crippen LogP contribution is 2.12. The molecule has 26 heavy (non-hydrogen) atoms. The molecule has 1 aromatic rings. The van der Waals surface area contributed by atoms with Crippen molar-refractivity contribution in [2.75, 3.05) is 13.2 Å². The van der Waals surface area contributed by atoms with Gasteiger partial charge >= 0.3 is 12.0 Å². The first-order chi connectivity index (χ1) is 12.3. The van der Waals surface area contributed by atoms with Gasteiger partial charge in [0.1, 0.15) is 0 Å². The number of rotatable bonds is 8. The molecule has 0 aliphatic rings. The molecule has 9 heteroatoms. The molecule has 0 atom stereocenters. The highest BCUT2D eigenvalue weighted by atomic mass is 16.6. The van der Waals surface area contributed by atoms with E-state index in [2.05, 4.69) is 5.32 Å². The van der Waals surface area contributed by atoms with Crippen LogP contribution >= 0.6 is 0 Å². The van der Waals surface area contributed by atoms with E-state index in [9.17, 15) is 24.5 Å². The first-order valence-corrected chi connectivity index (χ1v) is 7.95. The second kappa shape index (κ2) is 10.6. The number of esters is 1. The third kappa shape index (κ3) is 8.57. The molecule has 1 rings (SSSR count). The van der Waals surface area contributed by atoms with Crippen molar-refractivity contribution in [3.05, 3.63) is 46.0 Å². The summed E-state index contributed by atoms with van der Waals surface area (Å²) in [5.74, 6) is -1.10. The Morgan fingerprint density at radius 1 is 1.23 bits per heavy atom. The highest BCUT2D eigenvalue weighted by molar-refractivity contribution is 5.96. The van der Waals surface area contributed by atoms with Gasteiger partial charge in [-0.1, -0.05) is 13.8 Å². The molecule has 0 heterocycles. The largest absolute Gasteiger partial charge is 0.452 e. The van der Waals surface area contributed by atoms with Gasteiger partial charge in [0.15, 0.2) is 6.61 Å². The normalized spacial score (nSPS) is 10.6. The fourth-order valence-corrected chi connectivity index (χ4v) is 1.74. The lowest BCUT2D eigenvalue weighted by molar-refractivity contribution is -0.384. The Labute approximate surface area is 150 Å². The van der Waals surface area contributed by atoms with Crippen molar-refractivity contribution in [1.82, 2.24) is 10.6 Å². The van der Waals surface area contributed by atoms with Crippen molar-refractivity contribution in [1.29, 1.82) is 0 Å². The SMILES string of the molecule is CC(C)CCNC(=O)NC(=O)COC(=O)/C=C/c1ccc([N+](=O)[O-])cc1. The number of nitro benzene ring substituents is 1. The maximum Gasteiger partial charge on any atom is 0.331 e. The quantitative estimate of drug-likeness (QED) is 0.315. The van der Waals surface area contributed by atoms with Gasteiger partial charge in [-0.3, -0.25) is 20.2 Å². The minimum atomic E-state index is -0.779. The van der Waals surface area contributed by atoms with Crippen molar-refractivity contribution in [2.24, 2.45) is 5.92 Å². The van der Waals surface area contributed by atoms with Crippen LogP contribution < -0.4 is 10.6 Å². The summed E-state index contributed by atoms with van der Waals surface area (Å²) in [6, 6.07) is 4.90. The molecular formula is C17H21N3O6. The molecule has 0 radical (unpaired) electrons. The summed E-state index contributed by atoms with van der Waals surface area (Å²) in [5, 5.41) is 15.1. The van der Waals surface area contributed by atoms with Gasteiger partial charge in [0.05, 0.1) is 4.92 Å². The van der Waals surface area contributed by atoms with E-state index in [1.165, 1.54) is 30.3 Å². The van der Waals surface area contributed by atoms with Gasteiger partial charge in [-0.2, -0.15) is 0 Å². The van der Waals surface area contributed by atoms with Crippen molar-refractivity contribution in [2.45, 2.75) is 20.3 Å². The summed E-state index contributed by atoms with van der Waals surface area (Å²) in [6.07, 6.45) is 3.25. The Kier molecular flexibility index (Phi) is 8.48. The maximum atomic E-state index is 11.5. The van der Waals surface area contributed by atoms with Crippen molar-refractivity contribution in [3.8, 4) is 0 Å². The molecule has 0 aliphatic carbocycles. The van der Waals surface area contributed by atoms with Crippen molar-refractivity contribution in [3.63, 3.8) is 0 Å². The van der Waals surface area contributed by atoms with Crippen molar-refractivity contribution < 1.29 is 24.0 Å². The van der Waals surface area contributed by atoms with Gasteiger partial charge in [0.2, 0.25) is 0 Å². The number of hydrogen-bond donors (Lipinski definition) is 2. The van der Waals surface area contributed by atoms with Crippen LogP contribution in [0.25, 0.3) is 6.08 Å². The molecule has 0 aliphatic heterocycles. The first-order valence-electron chi connectivity index (χ1n) is 7.95. The smallest absolute Gasteiger partial charge is 0.331 e. The molecule has 9 nitrogen and oxygen atoms in total. The van der Waals surface area contributed by atoms with Crippen LogP contribution in [0.1, 0.15) is 25.8 Å². The number of amides is 3. The average molecular weight is 363 g/mol. The van der Waals surface area contributed by atoms with Gasteiger partial charge < -0.3 is 10.1 Å². The van der Waals surface area contributed by atoms with Crippen LogP contribution in [0, 0.1) is 16.0 Å². The standard InChI is InChI=1S/C17H21N3O6/c1-12(2)9-10-18-17(23)19-15(21)11-26-16(22)8-5-13-3-6-14(7-4-13)20(24)25/h3-8,12H,9-11H2,1-2H3,(H2,18,19,21,23)/b8-5+. The number of nitro groups is 1. The molecule has 1 aromatic carbocycles. The summed E-state index contributed by atoms with van der Waals surface area (Å²) < 4.78 is 4.71. The van der Waals surface area contributed by atoms with Crippen LogP contribution in [0.3, 0.4) is 0 Å². The third-order valence-electron chi connectivity index (χ3n) is 3.12. The van der Waals surface area contributed by atoms with E-state index in [-0.39, 0.29) is 5.69 Å². The number of carbonyl (C=O) groups is 3. The zero-order valence-electron chi connectivity index (χ0n) is 14.6. The predicted octanol–water partition coefficient (Wildman–Crippen LogP) is 2.02. The molecule has 0 fully saturated rings. The van der Waals surface area contributed by atoms with Gasteiger partial charge in [-0.05, 0) is 36.1 Å². The van der Waals surface area contributed by atoms with Crippen LogP contribution in [0.2, 0.25) is 0 Å². The lowest BCUT2D eigenvalue weighted by Gasteiger charge is -2.08.